The molecule has 15 heavy (non-hydrogen) atoms. The monoisotopic (exact) mass is 226 g/mol. The Morgan fingerprint density at radius 3 is 2.53 bits per heavy atom. The van der Waals surface area contributed by atoms with Crippen molar-refractivity contribution in [3.8, 4) is 0 Å². The molecule has 0 bridgehead atoms. The Bertz CT molecular complexity index is 379. The molecule has 0 spiro atoms. The number of benzene rings is 1. The molecule has 2 N–H and O–H groups in total. The van der Waals surface area contributed by atoms with Crippen LogP contribution in [-0.4, -0.2) is 18.9 Å². The third kappa shape index (κ3) is 3.25. The van der Waals surface area contributed by atoms with E-state index in [0.717, 1.165) is 5.56 Å². The number of carbonyl (C=O) groups is 2. The van der Waals surface area contributed by atoms with Crippen molar-refractivity contribution in [2.45, 2.75) is 6.54 Å². The smallest absolute Gasteiger partial charge is 0.309 e. The Balaban J connectivity index is 2.54. The summed E-state index contributed by atoms with van der Waals surface area (Å²) in [6, 6.07) is 7.12. The minimum Gasteiger partial charge on any atom is -0.351 e. The molecular weight excluding hydrogens is 216 g/mol. The van der Waals surface area contributed by atoms with Crippen molar-refractivity contribution >= 4 is 23.4 Å². The van der Waals surface area contributed by atoms with Gasteiger partial charge in [-0.25, -0.2) is 0 Å². The molecule has 0 fully saturated rings. The van der Waals surface area contributed by atoms with Crippen LogP contribution in [-0.2, 0) is 16.1 Å². The van der Waals surface area contributed by atoms with Crippen LogP contribution in [0.5, 0.6) is 0 Å². The summed E-state index contributed by atoms with van der Waals surface area (Å²) in [7, 11) is 1.40. The molecule has 2 amide bonds. The molecule has 1 aromatic carbocycles. The SMILES string of the molecule is CNC(=O)C(=O)NCc1ccccc1Cl. The third-order valence-electron chi connectivity index (χ3n) is 1.83. The molecule has 1 rings (SSSR count). The second-order valence-corrected chi connectivity index (χ2v) is 3.26. The predicted octanol–water partition coefficient (Wildman–Crippen LogP) is 0.702. The van der Waals surface area contributed by atoms with Gasteiger partial charge in [-0.15, -0.1) is 0 Å². The topological polar surface area (TPSA) is 58.2 Å². The molecular formula is C10H11ClN2O2. The van der Waals surface area contributed by atoms with Crippen molar-refractivity contribution in [2.24, 2.45) is 0 Å². The second-order valence-electron chi connectivity index (χ2n) is 2.85. The summed E-state index contributed by atoms with van der Waals surface area (Å²) in [5.74, 6) is -1.33. The number of halogens is 1. The van der Waals surface area contributed by atoms with Gasteiger partial charge in [0.2, 0.25) is 0 Å². The van der Waals surface area contributed by atoms with Crippen molar-refractivity contribution in [3.63, 3.8) is 0 Å². The van der Waals surface area contributed by atoms with E-state index in [2.05, 4.69) is 10.6 Å². The van der Waals surface area contributed by atoms with E-state index in [1.54, 1.807) is 18.2 Å². The average molecular weight is 227 g/mol. The molecule has 0 heterocycles. The number of amides is 2. The van der Waals surface area contributed by atoms with Crippen molar-refractivity contribution < 1.29 is 9.59 Å². The zero-order chi connectivity index (χ0) is 11.3. The molecule has 0 atom stereocenters. The Morgan fingerprint density at radius 2 is 1.93 bits per heavy atom. The fourth-order valence-corrected chi connectivity index (χ4v) is 1.21. The molecule has 0 aromatic heterocycles. The van der Waals surface area contributed by atoms with Crippen LogP contribution in [0.3, 0.4) is 0 Å². The summed E-state index contributed by atoms with van der Waals surface area (Å²) >= 11 is 5.87. The van der Waals surface area contributed by atoms with Crippen LogP contribution < -0.4 is 10.6 Å². The largest absolute Gasteiger partial charge is 0.351 e. The van der Waals surface area contributed by atoms with E-state index in [9.17, 15) is 9.59 Å². The fourth-order valence-electron chi connectivity index (χ4n) is 1.01. The Kier molecular flexibility index (Phi) is 4.12. The van der Waals surface area contributed by atoms with Gasteiger partial charge >= 0.3 is 11.8 Å². The maximum atomic E-state index is 11.1. The van der Waals surface area contributed by atoms with Gasteiger partial charge in [0.25, 0.3) is 0 Å². The molecule has 0 aliphatic heterocycles. The molecule has 0 aliphatic carbocycles. The van der Waals surface area contributed by atoms with Gasteiger partial charge in [-0.2, -0.15) is 0 Å². The van der Waals surface area contributed by atoms with Crippen LogP contribution in [0.2, 0.25) is 5.02 Å². The van der Waals surface area contributed by atoms with Gasteiger partial charge in [-0.3, -0.25) is 9.59 Å². The van der Waals surface area contributed by atoms with Crippen LogP contribution in [0, 0.1) is 0 Å². The second kappa shape index (κ2) is 5.36. The highest BCUT2D eigenvalue weighted by Gasteiger charge is 2.10. The molecule has 0 saturated carbocycles. The van der Waals surface area contributed by atoms with E-state index in [4.69, 9.17) is 11.6 Å². The third-order valence-corrected chi connectivity index (χ3v) is 2.20. The van der Waals surface area contributed by atoms with Gasteiger partial charge in [-0.05, 0) is 11.6 Å². The minimum atomic E-state index is -0.669. The zero-order valence-electron chi connectivity index (χ0n) is 8.21. The molecule has 0 radical (unpaired) electrons. The summed E-state index contributed by atoms with van der Waals surface area (Å²) < 4.78 is 0. The highest BCUT2D eigenvalue weighted by Crippen LogP contribution is 2.13. The molecule has 0 unspecified atom stereocenters. The average Bonchev–Trinajstić information content (AvgIpc) is 2.26. The standard InChI is InChI=1S/C10H11ClN2O2/c1-12-9(14)10(15)13-6-7-4-2-3-5-8(7)11/h2-5H,6H2,1H3,(H,12,14)(H,13,15). The molecule has 4 nitrogen and oxygen atoms in total. The first kappa shape index (κ1) is 11.5. The lowest BCUT2D eigenvalue weighted by atomic mass is 10.2. The first-order valence-electron chi connectivity index (χ1n) is 4.38. The summed E-state index contributed by atoms with van der Waals surface area (Å²) in [6.07, 6.45) is 0. The van der Waals surface area contributed by atoms with E-state index in [1.165, 1.54) is 7.05 Å². The zero-order valence-corrected chi connectivity index (χ0v) is 8.97. The fraction of sp³-hybridized carbons (Fsp3) is 0.200. The molecule has 0 saturated heterocycles. The predicted molar refractivity (Wildman–Crippen MR) is 57.4 cm³/mol. The quantitative estimate of drug-likeness (QED) is 0.730. The molecule has 80 valence electrons. The van der Waals surface area contributed by atoms with Gasteiger partial charge in [-0.1, -0.05) is 29.8 Å². The lowest BCUT2D eigenvalue weighted by Gasteiger charge is -2.05. The van der Waals surface area contributed by atoms with E-state index in [0.29, 0.717) is 5.02 Å². The molecule has 0 aliphatic rings. The normalized spacial score (nSPS) is 9.47. The first-order chi connectivity index (χ1) is 7.15. The number of hydrogen-bond donors (Lipinski definition) is 2. The number of hydrogen-bond acceptors (Lipinski definition) is 2. The van der Waals surface area contributed by atoms with E-state index in [1.807, 2.05) is 6.07 Å². The van der Waals surface area contributed by atoms with Crippen LogP contribution in [0.15, 0.2) is 24.3 Å². The minimum absolute atomic E-state index is 0.242. The summed E-state index contributed by atoms with van der Waals surface area (Å²) in [5.41, 5.74) is 0.774. The number of nitrogens with one attached hydrogen (secondary N) is 2. The molecule has 5 heteroatoms. The van der Waals surface area contributed by atoms with E-state index in [-0.39, 0.29) is 6.54 Å². The van der Waals surface area contributed by atoms with E-state index >= 15 is 0 Å². The van der Waals surface area contributed by atoms with Crippen LogP contribution in [0.4, 0.5) is 0 Å². The highest BCUT2D eigenvalue weighted by molar-refractivity contribution is 6.35. The first-order valence-corrected chi connectivity index (χ1v) is 4.76. The Morgan fingerprint density at radius 1 is 1.27 bits per heavy atom. The van der Waals surface area contributed by atoms with E-state index < -0.39 is 11.8 Å². The van der Waals surface area contributed by atoms with Gasteiger partial charge in [0.15, 0.2) is 0 Å². The van der Waals surface area contributed by atoms with Gasteiger partial charge < -0.3 is 10.6 Å². The van der Waals surface area contributed by atoms with Crippen molar-refractivity contribution in [2.75, 3.05) is 7.05 Å². The number of carbonyl (C=O) groups excluding carboxylic acids is 2. The van der Waals surface area contributed by atoms with Crippen LogP contribution >= 0.6 is 11.6 Å². The van der Waals surface area contributed by atoms with Crippen molar-refractivity contribution in [1.82, 2.24) is 10.6 Å². The Labute approximate surface area is 92.6 Å². The van der Waals surface area contributed by atoms with Gasteiger partial charge in [0.05, 0.1) is 0 Å². The maximum absolute atomic E-state index is 11.1. The van der Waals surface area contributed by atoms with Gasteiger partial charge in [0.1, 0.15) is 0 Å². The Hall–Kier alpha value is -1.55. The summed E-state index contributed by atoms with van der Waals surface area (Å²) in [5, 5.41) is 5.25. The van der Waals surface area contributed by atoms with Gasteiger partial charge in [0, 0.05) is 18.6 Å². The van der Waals surface area contributed by atoms with Crippen molar-refractivity contribution in [3.05, 3.63) is 34.9 Å². The summed E-state index contributed by atoms with van der Waals surface area (Å²) in [4.78, 5) is 22.0. The van der Waals surface area contributed by atoms with Crippen LogP contribution in [0.25, 0.3) is 0 Å². The number of likely N-dealkylation sites (N-methyl/N-ethyl adjacent to an activating group) is 1. The summed E-state index contributed by atoms with van der Waals surface area (Å²) in [6.45, 7) is 0.242. The maximum Gasteiger partial charge on any atom is 0.309 e. The van der Waals surface area contributed by atoms with Crippen LogP contribution in [0.1, 0.15) is 5.56 Å². The highest BCUT2D eigenvalue weighted by atomic mass is 35.5. The number of rotatable bonds is 2. The van der Waals surface area contributed by atoms with Crippen molar-refractivity contribution in [1.29, 1.82) is 0 Å². The lowest BCUT2D eigenvalue weighted by Crippen LogP contribution is -2.37. The lowest BCUT2D eigenvalue weighted by molar-refractivity contribution is -0.139. The molecule has 1 aromatic rings.